The van der Waals surface area contributed by atoms with Crippen molar-refractivity contribution in [3.05, 3.63) is 45.2 Å². The molecule has 9 heteroatoms. The molecule has 1 N–H and O–H groups in total. The minimum atomic E-state index is -0.245. The molecule has 0 amide bonds. The van der Waals surface area contributed by atoms with Gasteiger partial charge in [-0.3, -0.25) is 9.88 Å². The molecule has 1 atom stereocenters. The topological polar surface area (TPSA) is 40.6 Å². The summed E-state index contributed by atoms with van der Waals surface area (Å²) in [6.07, 6.45) is 5.28. The van der Waals surface area contributed by atoms with Gasteiger partial charge < -0.3 is 15.0 Å². The lowest BCUT2D eigenvalue weighted by molar-refractivity contribution is 0.0960. The highest BCUT2D eigenvalue weighted by molar-refractivity contribution is 7.16. The van der Waals surface area contributed by atoms with E-state index in [0.29, 0.717) is 11.3 Å². The van der Waals surface area contributed by atoms with Crippen LogP contribution in [0.25, 0.3) is 11.9 Å². The van der Waals surface area contributed by atoms with E-state index in [4.69, 9.17) is 4.74 Å². The second-order valence-electron chi connectivity index (χ2n) is 7.36. The predicted molar refractivity (Wildman–Crippen MR) is 127 cm³/mol. The van der Waals surface area contributed by atoms with Crippen molar-refractivity contribution in [1.29, 1.82) is 0 Å². The van der Waals surface area contributed by atoms with E-state index in [1.165, 1.54) is 10.9 Å². The number of hydrogen-bond acceptors (Lipinski definition) is 6. The Morgan fingerprint density at radius 1 is 1.33 bits per heavy atom. The van der Waals surface area contributed by atoms with Crippen molar-refractivity contribution in [3.8, 4) is 0 Å². The second-order valence-corrected chi connectivity index (χ2v) is 8.50. The van der Waals surface area contributed by atoms with Gasteiger partial charge in [0.1, 0.15) is 10.8 Å². The molecule has 0 spiro atoms. The van der Waals surface area contributed by atoms with Crippen molar-refractivity contribution in [2.45, 2.75) is 25.8 Å². The van der Waals surface area contributed by atoms with Crippen molar-refractivity contribution in [2.24, 2.45) is 0 Å². The Hall–Kier alpha value is -1.38. The summed E-state index contributed by atoms with van der Waals surface area (Å²) in [5.41, 5.74) is 2.17. The number of methoxy groups -OCH3 is 1. The van der Waals surface area contributed by atoms with Gasteiger partial charge in [0.25, 0.3) is 0 Å². The van der Waals surface area contributed by atoms with Gasteiger partial charge in [-0.1, -0.05) is 6.92 Å². The molecule has 2 aliphatic rings. The first kappa shape index (κ1) is 24.9. The molecular weight excluding hydrogens is 446 g/mol. The number of pyridine rings is 1. The van der Waals surface area contributed by atoms with E-state index in [1.807, 2.05) is 0 Å². The van der Waals surface area contributed by atoms with Crippen LogP contribution in [0.4, 0.5) is 9.39 Å². The lowest BCUT2D eigenvalue weighted by Crippen LogP contribution is -2.52. The molecule has 5 nitrogen and oxygen atoms in total. The number of aryl methyl sites for hydroxylation is 1. The predicted octanol–water partition coefficient (Wildman–Crippen LogP) is 2.66. The smallest absolute Gasteiger partial charge is 0.135 e. The largest absolute Gasteiger partial charge is 0.385 e. The maximum atomic E-state index is 14.6. The molecule has 2 aliphatic heterocycles. The summed E-state index contributed by atoms with van der Waals surface area (Å²) in [6.45, 7) is 5.63. The van der Waals surface area contributed by atoms with Crippen molar-refractivity contribution in [3.63, 3.8) is 0 Å². The van der Waals surface area contributed by atoms with E-state index in [1.54, 1.807) is 30.8 Å². The summed E-state index contributed by atoms with van der Waals surface area (Å²) in [5, 5.41) is 5.66. The Morgan fingerprint density at radius 3 is 2.87 bits per heavy atom. The highest BCUT2D eigenvalue weighted by Gasteiger charge is 2.29. The Morgan fingerprint density at radius 2 is 2.13 bits per heavy atom. The second kappa shape index (κ2) is 10.8. The van der Waals surface area contributed by atoms with Gasteiger partial charge in [-0.25, -0.2) is 4.39 Å². The van der Waals surface area contributed by atoms with Crippen molar-refractivity contribution in [1.82, 2.24) is 14.8 Å². The van der Waals surface area contributed by atoms with E-state index in [-0.39, 0.29) is 30.6 Å². The summed E-state index contributed by atoms with van der Waals surface area (Å²) in [4.78, 5) is 10.7. The van der Waals surface area contributed by atoms with E-state index in [2.05, 4.69) is 40.1 Å². The summed E-state index contributed by atoms with van der Waals surface area (Å²) in [5.74, 6) is -0.245. The minimum absolute atomic E-state index is 0. The van der Waals surface area contributed by atoms with Gasteiger partial charge in [0.15, 0.2) is 0 Å². The highest BCUT2D eigenvalue weighted by Crippen LogP contribution is 2.35. The molecule has 0 bridgehead atoms. The van der Waals surface area contributed by atoms with Crippen LogP contribution in [0.2, 0.25) is 0 Å². The zero-order valence-corrected chi connectivity index (χ0v) is 19.9. The fraction of sp³-hybridized carbons (Fsp3) is 0.476. The van der Waals surface area contributed by atoms with Crippen molar-refractivity contribution in [2.75, 3.05) is 45.7 Å². The van der Waals surface area contributed by atoms with E-state index in [0.717, 1.165) is 60.7 Å². The summed E-state index contributed by atoms with van der Waals surface area (Å²) < 4.78 is 19.9. The molecule has 0 radical (unpaired) electrons. The van der Waals surface area contributed by atoms with Crippen LogP contribution in [0.15, 0.2) is 18.3 Å². The average Bonchev–Trinajstić information content (AvgIpc) is 3.04. The summed E-state index contributed by atoms with van der Waals surface area (Å²) in [7, 11) is 3.91. The van der Waals surface area contributed by atoms with Crippen LogP contribution in [0.5, 0.6) is 0 Å². The van der Waals surface area contributed by atoms with Gasteiger partial charge in [0, 0.05) is 62.2 Å². The number of rotatable bonds is 5. The van der Waals surface area contributed by atoms with Crippen LogP contribution in [-0.2, 0) is 11.2 Å². The van der Waals surface area contributed by atoms with Crippen LogP contribution in [0, 0.1) is 5.82 Å². The molecule has 2 aromatic rings. The molecule has 0 aliphatic carbocycles. The Kier molecular flexibility index (Phi) is 8.94. The molecule has 4 heterocycles. The van der Waals surface area contributed by atoms with Crippen molar-refractivity contribution >= 4 is 53.0 Å². The van der Waals surface area contributed by atoms with Crippen LogP contribution in [-0.4, -0.2) is 61.2 Å². The number of thiophene rings is 1. The number of likely N-dealkylation sites (N-methyl/N-ethyl adjacent to an activating group) is 1. The third kappa shape index (κ3) is 4.75. The van der Waals surface area contributed by atoms with E-state index < -0.39 is 0 Å². The Balaban J connectivity index is 0.00000160. The Bertz CT molecular complexity index is 984. The van der Waals surface area contributed by atoms with Crippen LogP contribution in [0.1, 0.15) is 23.8 Å². The first-order chi connectivity index (χ1) is 13.6. The molecule has 2 aromatic heterocycles. The number of nitrogens with one attached hydrogen (secondary N) is 1. The number of piperazine rings is 1. The van der Waals surface area contributed by atoms with Crippen molar-refractivity contribution < 1.29 is 9.13 Å². The molecule has 30 heavy (non-hydrogen) atoms. The number of halogens is 3. The van der Waals surface area contributed by atoms with Gasteiger partial charge in [0.05, 0.1) is 16.3 Å². The fourth-order valence-electron chi connectivity index (χ4n) is 3.98. The number of nitrogens with zero attached hydrogens (tertiary/aromatic N) is 3. The fourth-order valence-corrected chi connectivity index (χ4v) is 4.94. The standard InChI is InChI=1S/C21H27FN4OS.2ClH/c1-4-15-11-16-20(26-9-8-25(2)14(13-26)6-10-27-3)19-17(12-24-21(16)28-15)18(22)5-7-23-19;;/h5,7,11-12,14,24H,4,6,8-10,13H2,1-3H3;2*1H. The quantitative estimate of drug-likeness (QED) is 0.721. The zero-order chi connectivity index (χ0) is 19.7. The third-order valence-corrected chi connectivity index (χ3v) is 6.85. The first-order valence-electron chi connectivity index (χ1n) is 9.81. The van der Waals surface area contributed by atoms with Gasteiger partial charge in [-0.15, -0.1) is 36.2 Å². The molecule has 0 aromatic carbocycles. The summed E-state index contributed by atoms with van der Waals surface area (Å²) in [6, 6.07) is 4.06. The normalized spacial score (nSPS) is 18.2. The first-order valence-corrected chi connectivity index (χ1v) is 10.6. The van der Waals surface area contributed by atoms with Gasteiger partial charge in [0.2, 0.25) is 0 Å². The zero-order valence-electron chi connectivity index (χ0n) is 17.5. The number of ether oxygens (including phenoxy) is 1. The Labute approximate surface area is 193 Å². The number of hydrogen-bond donors (Lipinski definition) is 1. The third-order valence-electron chi connectivity index (χ3n) is 5.64. The van der Waals surface area contributed by atoms with Crippen LogP contribution < -0.4 is 15.9 Å². The average molecular weight is 475 g/mol. The molecular formula is C21H29Cl2FN4OS. The van der Waals surface area contributed by atoms with E-state index >= 15 is 0 Å². The van der Waals surface area contributed by atoms with Crippen LogP contribution in [0.3, 0.4) is 0 Å². The van der Waals surface area contributed by atoms with E-state index in [9.17, 15) is 4.39 Å². The number of fused-ring (bicyclic) bond motifs is 2. The summed E-state index contributed by atoms with van der Waals surface area (Å²) >= 11 is 1.74. The maximum Gasteiger partial charge on any atom is 0.135 e. The van der Waals surface area contributed by atoms with Gasteiger partial charge in [-0.05, 0) is 32.0 Å². The monoisotopic (exact) mass is 474 g/mol. The minimum Gasteiger partial charge on any atom is -0.385 e. The van der Waals surface area contributed by atoms with Crippen LogP contribution >= 0.6 is 36.2 Å². The van der Waals surface area contributed by atoms with Gasteiger partial charge >= 0.3 is 0 Å². The number of anilines is 1. The molecule has 1 unspecified atom stereocenters. The molecule has 4 rings (SSSR count). The maximum absolute atomic E-state index is 14.6. The molecule has 0 saturated carbocycles. The number of aromatic nitrogens is 1. The lowest BCUT2D eigenvalue weighted by atomic mass is 10.1. The van der Waals surface area contributed by atoms with Gasteiger partial charge in [-0.2, -0.15) is 0 Å². The molecule has 1 fully saturated rings. The molecule has 166 valence electrons. The SMILES string of the molecule is CCc1cc2c(s1)NC=c1c(F)ccnc1=C2N1CCN(C)C(CCOC)C1.Cl.Cl. The lowest BCUT2D eigenvalue weighted by Gasteiger charge is -2.41. The highest BCUT2D eigenvalue weighted by atomic mass is 35.5. The molecule has 1 saturated heterocycles.